The molecule has 0 unspecified atom stereocenters. The molecular weight excluding hydrogens is 172 g/mol. The number of carbonyl (C=O) groups is 1. The van der Waals surface area contributed by atoms with Crippen LogP contribution >= 0.6 is 0 Å². The Balaban J connectivity index is 2.24. The molecule has 2 N–H and O–H groups in total. The number of aliphatic hydroxyl groups is 1. The third kappa shape index (κ3) is 3.20. The predicted molar refractivity (Wildman–Crippen MR) is 44.9 cm³/mol. The predicted octanol–water partition coefficient (Wildman–Crippen LogP) is -1.30. The van der Waals surface area contributed by atoms with Crippen molar-refractivity contribution < 1.29 is 9.90 Å². The number of nitrogens with zero attached hydrogens (tertiary/aromatic N) is 3. The van der Waals surface area contributed by atoms with Crippen LogP contribution in [0.1, 0.15) is 5.69 Å². The molecule has 0 fully saturated rings. The van der Waals surface area contributed by atoms with Gasteiger partial charge in [-0.1, -0.05) is 5.21 Å². The van der Waals surface area contributed by atoms with Gasteiger partial charge in [0.1, 0.15) is 6.61 Å². The van der Waals surface area contributed by atoms with Gasteiger partial charge in [-0.2, -0.15) is 0 Å². The largest absolute Gasteiger partial charge is 0.387 e. The van der Waals surface area contributed by atoms with Crippen LogP contribution in [0.2, 0.25) is 0 Å². The minimum atomic E-state index is -0.476. The molecule has 0 aliphatic rings. The first-order chi connectivity index (χ1) is 6.22. The highest BCUT2D eigenvalue weighted by Crippen LogP contribution is 1.87. The van der Waals surface area contributed by atoms with E-state index in [9.17, 15) is 4.79 Å². The van der Waals surface area contributed by atoms with Crippen LogP contribution < -0.4 is 5.32 Å². The molecule has 0 aromatic carbocycles. The van der Waals surface area contributed by atoms with E-state index in [-0.39, 0.29) is 5.91 Å². The number of hydrogen-bond acceptors (Lipinski definition) is 4. The van der Waals surface area contributed by atoms with Gasteiger partial charge in [-0.05, 0) is 6.92 Å². The third-order valence-electron chi connectivity index (χ3n) is 1.46. The first-order valence-corrected chi connectivity index (χ1v) is 3.96. The highest BCUT2D eigenvalue weighted by molar-refractivity contribution is 5.76. The van der Waals surface area contributed by atoms with Crippen LogP contribution in [-0.2, 0) is 11.3 Å². The number of nitrogens with one attached hydrogen (secondary N) is 1. The van der Waals surface area contributed by atoms with Crippen LogP contribution in [0, 0.1) is 6.92 Å². The van der Waals surface area contributed by atoms with Crippen molar-refractivity contribution in [2.24, 2.45) is 0 Å². The Morgan fingerprint density at radius 3 is 3.08 bits per heavy atom. The maximum atomic E-state index is 10.6. The van der Waals surface area contributed by atoms with Gasteiger partial charge in [0.2, 0.25) is 5.91 Å². The van der Waals surface area contributed by atoms with E-state index in [4.69, 9.17) is 5.11 Å². The van der Waals surface area contributed by atoms with Crippen molar-refractivity contribution in [3.63, 3.8) is 0 Å². The van der Waals surface area contributed by atoms with Crippen LogP contribution in [0.15, 0.2) is 6.20 Å². The number of amides is 1. The molecule has 72 valence electrons. The van der Waals surface area contributed by atoms with Crippen molar-refractivity contribution in [3.05, 3.63) is 11.9 Å². The minimum absolute atomic E-state index is 0.378. The van der Waals surface area contributed by atoms with E-state index in [0.29, 0.717) is 13.1 Å². The average molecular weight is 184 g/mol. The molecule has 1 aromatic rings. The molecule has 0 aliphatic heterocycles. The van der Waals surface area contributed by atoms with Gasteiger partial charge in [0.15, 0.2) is 0 Å². The normalized spacial score (nSPS) is 10.0. The Bertz CT molecular complexity index is 284. The van der Waals surface area contributed by atoms with Gasteiger partial charge in [-0.15, -0.1) is 5.10 Å². The zero-order valence-corrected chi connectivity index (χ0v) is 7.40. The molecule has 0 bridgehead atoms. The van der Waals surface area contributed by atoms with E-state index < -0.39 is 6.61 Å². The fraction of sp³-hybridized carbons (Fsp3) is 0.571. The lowest BCUT2D eigenvalue weighted by atomic mass is 10.5. The van der Waals surface area contributed by atoms with Gasteiger partial charge in [-0.3, -0.25) is 9.48 Å². The fourth-order valence-corrected chi connectivity index (χ4v) is 0.870. The van der Waals surface area contributed by atoms with Crippen molar-refractivity contribution in [2.75, 3.05) is 13.2 Å². The molecule has 6 nitrogen and oxygen atoms in total. The monoisotopic (exact) mass is 184 g/mol. The van der Waals surface area contributed by atoms with Gasteiger partial charge in [0.25, 0.3) is 0 Å². The van der Waals surface area contributed by atoms with Gasteiger partial charge in [0, 0.05) is 12.7 Å². The Morgan fingerprint density at radius 2 is 2.54 bits per heavy atom. The lowest BCUT2D eigenvalue weighted by molar-refractivity contribution is -0.123. The summed E-state index contributed by atoms with van der Waals surface area (Å²) < 4.78 is 1.63. The second kappa shape index (κ2) is 4.56. The number of carbonyl (C=O) groups excluding carboxylic acids is 1. The molecule has 0 saturated carbocycles. The average Bonchev–Trinajstić information content (AvgIpc) is 2.51. The molecule has 1 heterocycles. The summed E-state index contributed by atoms with van der Waals surface area (Å²) in [4.78, 5) is 10.6. The zero-order valence-electron chi connectivity index (χ0n) is 7.40. The van der Waals surface area contributed by atoms with Gasteiger partial charge >= 0.3 is 0 Å². The maximum absolute atomic E-state index is 10.6. The van der Waals surface area contributed by atoms with Crippen LogP contribution in [0.4, 0.5) is 0 Å². The van der Waals surface area contributed by atoms with E-state index >= 15 is 0 Å². The molecule has 0 atom stereocenters. The first-order valence-electron chi connectivity index (χ1n) is 3.96. The van der Waals surface area contributed by atoms with E-state index in [0.717, 1.165) is 5.69 Å². The summed E-state index contributed by atoms with van der Waals surface area (Å²) in [7, 11) is 0. The number of aromatic nitrogens is 3. The smallest absolute Gasteiger partial charge is 0.245 e. The quantitative estimate of drug-likeness (QED) is 0.609. The van der Waals surface area contributed by atoms with E-state index in [2.05, 4.69) is 15.6 Å². The van der Waals surface area contributed by atoms with E-state index in [1.165, 1.54) is 0 Å². The Kier molecular flexibility index (Phi) is 3.39. The van der Waals surface area contributed by atoms with E-state index in [1.807, 2.05) is 6.92 Å². The number of hydrogen-bond donors (Lipinski definition) is 2. The summed E-state index contributed by atoms with van der Waals surface area (Å²) in [6.45, 7) is 2.38. The van der Waals surface area contributed by atoms with Crippen molar-refractivity contribution >= 4 is 5.91 Å². The topological polar surface area (TPSA) is 80.0 Å². The number of aliphatic hydroxyl groups excluding tert-OH is 1. The molecular formula is C7H12N4O2. The lowest BCUT2D eigenvalue weighted by Crippen LogP contribution is -2.29. The highest BCUT2D eigenvalue weighted by Gasteiger charge is 1.98. The minimum Gasteiger partial charge on any atom is -0.387 e. The SMILES string of the molecule is Cc1cn(CCNC(=O)CO)nn1. The summed E-state index contributed by atoms with van der Waals surface area (Å²) in [6, 6.07) is 0. The summed E-state index contributed by atoms with van der Waals surface area (Å²) >= 11 is 0. The van der Waals surface area contributed by atoms with Crippen molar-refractivity contribution in [2.45, 2.75) is 13.5 Å². The highest BCUT2D eigenvalue weighted by atomic mass is 16.3. The van der Waals surface area contributed by atoms with Crippen molar-refractivity contribution in [1.29, 1.82) is 0 Å². The second-order valence-electron chi connectivity index (χ2n) is 2.63. The lowest BCUT2D eigenvalue weighted by Gasteiger charge is -2.01. The second-order valence-corrected chi connectivity index (χ2v) is 2.63. The molecule has 0 radical (unpaired) electrons. The van der Waals surface area contributed by atoms with Gasteiger partial charge in [-0.25, -0.2) is 0 Å². The number of aryl methyl sites for hydroxylation is 1. The maximum Gasteiger partial charge on any atom is 0.245 e. The molecule has 1 aromatic heterocycles. The van der Waals surface area contributed by atoms with Crippen molar-refractivity contribution in [1.82, 2.24) is 20.3 Å². The number of rotatable bonds is 4. The zero-order chi connectivity index (χ0) is 9.68. The summed E-state index contributed by atoms with van der Waals surface area (Å²) in [5, 5.41) is 18.5. The molecule has 0 spiro atoms. The standard InChI is InChI=1S/C7H12N4O2/c1-6-4-11(10-9-6)3-2-8-7(13)5-12/h4,12H,2-3,5H2,1H3,(H,8,13). The summed E-state index contributed by atoms with van der Waals surface area (Å²) in [5.74, 6) is -0.378. The molecule has 1 rings (SSSR count). The van der Waals surface area contributed by atoms with Crippen LogP contribution in [-0.4, -0.2) is 39.2 Å². The summed E-state index contributed by atoms with van der Waals surface area (Å²) in [6.07, 6.45) is 1.78. The molecule has 6 heteroatoms. The van der Waals surface area contributed by atoms with Crippen LogP contribution in [0.5, 0.6) is 0 Å². The first kappa shape index (κ1) is 9.66. The van der Waals surface area contributed by atoms with Crippen LogP contribution in [0.3, 0.4) is 0 Å². The van der Waals surface area contributed by atoms with Crippen LogP contribution in [0.25, 0.3) is 0 Å². The summed E-state index contributed by atoms with van der Waals surface area (Å²) in [5.41, 5.74) is 0.841. The molecule has 13 heavy (non-hydrogen) atoms. The Labute approximate surface area is 75.6 Å². The fourth-order valence-electron chi connectivity index (χ4n) is 0.870. The third-order valence-corrected chi connectivity index (χ3v) is 1.46. The van der Waals surface area contributed by atoms with Gasteiger partial charge in [0.05, 0.1) is 12.2 Å². The Hall–Kier alpha value is -1.43. The molecule has 0 saturated heterocycles. The Morgan fingerprint density at radius 1 is 1.77 bits per heavy atom. The van der Waals surface area contributed by atoms with E-state index in [1.54, 1.807) is 10.9 Å². The van der Waals surface area contributed by atoms with Crippen molar-refractivity contribution in [3.8, 4) is 0 Å². The molecule has 0 aliphatic carbocycles. The molecule has 1 amide bonds. The van der Waals surface area contributed by atoms with Gasteiger partial charge < -0.3 is 10.4 Å².